The first kappa shape index (κ1) is 14.5. The van der Waals surface area contributed by atoms with Gasteiger partial charge in [0.15, 0.2) is 0 Å². The van der Waals surface area contributed by atoms with Gasteiger partial charge in [-0.1, -0.05) is 41.1 Å². The van der Waals surface area contributed by atoms with Gasteiger partial charge in [-0.15, -0.1) is 0 Å². The lowest BCUT2D eigenvalue weighted by molar-refractivity contribution is 0.516. The molecular weight excluding hydrogens is 300 g/mol. The number of halogens is 1. The maximum absolute atomic E-state index is 4.58. The van der Waals surface area contributed by atoms with Crippen LogP contribution in [0.5, 0.6) is 0 Å². The lowest BCUT2D eigenvalue weighted by Gasteiger charge is -2.16. The van der Waals surface area contributed by atoms with Crippen LogP contribution in [0, 0.1) is 6.92 Å². The van der Waals surface area contributed by atoms with Crippen LogP contribution in [-0.4, -0.2) is 15.9 Å². The molecule has 2 unspecified atom stereocenters. The molecule has 1 heterocycles. The van der Waals surface area contributed by atoms with Gasteiger partial charge in [0.2, 0.25) is 0 Å². The first-order valence-electron chi connectivity index (χ1n) is 6.79. The van der Waals surface area contributed by atoms with E-state index in [2.05, 4.69) is 71.3 Å². The molecule has 0 saturated heterocycles. The van der Waals surface area contributed by atoms with Crippen LogP contribution in [0.15, 0.2) is 30.3 Å². The molecule has 19 heavy (non-hydrogen) atoms. The molecule has 1 N–H and O–H groups in total. The quantitative estimate of drug-likeness (QED) is 0.835. The van der Waals surface area contributed by atoms with E-state index in [4.69, 9.17) is 0 Å². The van der Waals surface area contributed by atoms with Gasteiger partial charge in [-0.3, -0.25) is 4.98 Å². The topological polar surface area (TPSA) is 24.9 Å². The lowest BCUT2D eigenvalue weighted by Crippen LogP contribution is -2.27. The molecule has 1 aromatic carbocycles. The number of nitrogens with one attached hydrogen (secondary N) is 1. The van der Waals surface area contributed by atoms with Crippen molar-refractivity contribution in [2.45, 2.75) is 44.6 Å². The SMILES string of the molecule is Cc1cc(CNC(C)CC(C)Br)c2ccccc2n1. The minimum absolute atomic E-state index is 0.501. The molecule has 0 aliphatic rings. The van der Waals surface area contributed by atoms with Gasteiger partial charge in [-0.05, 0) is 38.0 Å². The number of aromatic nitrogens is 1. The highest BCUT2D eigenvalue weighted by atomic mass is 79.9. The summed E-state index contributed by atoms with van der Waals surface area (Å²) in [7, 11) is 0. The van der Waals surface area contributed by atoms with Crippen molar-refractivity contribution in [3.05, 3.63) is 41.6 Å². The number of hydrogen-bond donors (Lipinski definition) is 1. The molecule has 2 aromatic rings. The van der Waals surface area contributed by atoms with Gasteiger partial charge in [-0.25, -0.2) is 0 Å². The van der Waals surface area contributed by atoms with E-state index in [9.17, 15) is 0 Å². The van der Waals surface area contributed by atoms with Gasteiger partial charge in [0, 0.05) is 28.5 Å². The highest BCUT2D eigenvalue weighted by Gasteiger charge is 2.08. The second-order valence-corrected chi connectivity index (χ2v) is 6.80. The average Bonchev–Trinajstić information content (AvgIpc) is 2.35. The van der Waals surface area contributed by atoms with Crippen molar-refractivity contribution in [3.8, 4) is 0 Å². The summed E-state index contributed by atoms with van der Waals surface area (Å²) in [4.78, 5) is 5.12. The highest BCUT2D eigenvalue weighted by Crippen LogP contribution is 2.18. The van der Waals surface area contributed by atoms with Crippen LogP contribution in [0.4, 0.5) is 0 Å². The Hall–Kier alpha value is -0.930. The molecule has 2 atom stereocenters. The molecule has 2 rings (SSSR count). The number of aryl methyl sites for hydroxylation is 1. The highest BCUT2D eigenvalue weighted by molar-refractivity contribution is 9.09. The Kier molecular flexibility index (Phi) is 4.94. The average molecular weight is 321 g/mol. The second kappa shape index (κ2) is 6.49. The summed E-state index contributed by atoms with van der Waals surface area (Å²) in [5.41, 5.74) is 3.50. The first-order chi connectivity index (χ1) is 9.06. The minimum Gasteiger partial charge on any atom is -0.310 e. The minimum atomic E-state index is 0.501. The largest absolute Gasteiger partial charge is 0.310 e. The van der Waals surface area contributed by atoms with Gasteiger partial charge in [0.1, 0.15) is 0 Å². The third-order valence-electron chi connectivity index (χ3n) is 3.25. The van der Waals surface area contributed by atoms with E-state index >= 15 is 0 Å². The molecule has 2 nitrogen and oxygen atoms in total. The van der Waals surface area contributed by atoms with E-state index in [-0.39, 0.29) is 0 Å². The third kappa shape index (κ3) is 4.02. The number of para-hydroxylation sites is 1. The maximum Gasteiger partial charge on any atom is 0.0708 e. The number of rotatable bonds is 5. The summed E-state index contributed by atoms with van der Waals surface area (Å²) in [6, 6.07) is 11.0. The predicted octanol–water partition coefficient (Wildman–Crippen LogP) is 4.19. The number of hydrogen-bond acceptors (Lipinski definition) is 2. The number of nitrogens with zero attached hydrogens (tertiary/aromatic N) is 1. The summed E-state index contributed by atoms with van der Waals surface area (Å²) in [6.45, 7) is 7.36. The van der Waals surface area contributed by atoms with Crippen LogP contribution >= 0.6 is 15.9 Å². The van der Waals surface area contributed by atoms with Gasteiger partial charge >= 0.3 is 0 Å². The zero-order valence-electron chi connectivity index (χ0n) is 11.8. The zero-order valence-corrected chi connectivity index (χ0v) is 13.4. The van der Waals surface area contributed by atoms with Crippen molar-refractivity contribution in [1.29, 1.82) is 0 Å². The van der Waals surface area contributed by atoms with Crippen molar-refractivity contribution in [2.75, 3.05) is 0 Å². The number of fused-ring (bicyclic) bond motifs is 1. The van der Waals surface area contributed by atoms with Gasteiger partial charge in [-0.2, -0.15) is 0 Å². The van der Waals surface area contributed by atoms with Crippen molar-refractivity contribution >= 4 is 26.8 Å². The summed E-state index contributed by atoms with van der Waals surface area (Å²) in [5.74, 6) is 0. The van der Waals surface area contributed by atoms with Crippen LogP contribution < -0.4 is 5.32 Å². The van der Waals surface area contributed by atoms with Crippen LogP contribution in [0.2, 0.25) is 0 Å². The number of pyridine rings is 1. The van der Waals surface area contributed by atoms with Crippen LogP contribution in [0.1, 0.15) is 31.5 Å². The molecule has 0 saturated carbocycles. The van der Waals surface area contributed by atoms with E-state index in [1.54, 1.807) is 0 Å². The van der Waals surface area contributed by atoms with Gasteiger partial charge in [0.05, 0.1) is 5.52 Å². The van der Waals surface area contributed by atoms with Gasteiger partial charge < -0.3 is 5.32 Å². The summed E-state index contributed by atoms with van der Waals surface area (Å²) in [6.07, 6.45) is 1.13. The Balaban J connectivity index is 2.16. The molecule has 0 radical (unpaired) electrons. The standard InChI is InChI=1S/C16H21BrN2/c1-11(17)8-12(2)18-10-14-9-13(3)19-16-7-5-4-6-15(14)16/h4-7,9,11-12,18H,8,10H2,1-3H3. The Morgan fingerprint density at radius 1 is 1.26 bits per heavy atom. The fourth-order valence-corrected chi connectivity index (χ4v) is 2.96. The smallest absolute Gasteiger partial charge is 0.0708 e. The van der Waals surface area contributed by atoms with E-state index in [0.717, 1.165) is 24.2 Å². The van der Waals surface area contributed by atoms with E-state index < -0.39 is 0 Å². The molecule has 102 valence electrons. The molecular formula is C16H21BrN2. The Bertz CT molecular complexity index is 551. The van der Waals surface area contributed by atoms with Crippen molar-refractivity contribution < 1.29 is 0 Å². The predicted molar refractivity (Wildman–Crippen MR) is 85.8 cm³/mol. The van der Waals surface area contributed by atoms with Crippen molar-refractivity contribution in [2.24, 2.45) is 0 Å². The number of alkyl halides is 1. The molecule has 3 heteroatoms. The second-order valence-electron chi connectivity index (χ2n) is 5.24. The molecule has 0 fully saturated rings. The van der Waals surface area contributed by atoms with Crippen molar-refractivity contribution in [1.82, 2.24) is 10.3 Å². The third-order valence-corrected chi connectivity index (χ3v) is 3.62. The summed E-state index contributed by atoms with van der Waals surface area (Å²) >= 11 is 3.60. The Morgan fingerprint density at radius 3 is 2.74 bits per heavy atom. The summed E-state index contributed by atoms with van der Waals surface area (Å²) < 4.78 is 0. The first-order valence-corrected chi connectivity index (χ1v) is 7.70. The van der Waals surface area contributed by atoms with Gasteiger partial charge in [0.25, 0.3) is 0 Å². The molecule has 0 aliphatic carbocycles. The molecule has 0 aliphatic heterocycles. The van der Waals surface area contributed by atoms with E-state index in [1.165, 1.54) is 10.9 Å². The Morgan fingerprint density at radius 2 is 2.00 bits per heavy atom. The van der Waals surface area contributed by atoms with E-state index in [0.29, 0.717) is 10.9 Å². The molecule has 0 bridgehead atoms. The number of benzene rings is 1. The summed E-state index contributed by atoms with van der Waals surface area (Å²) in [5, 5.41) is 4.84. The van der Waals surface area contributed by atoms with Crippen LogP contribution in [0.3, 0.4) is 0 Å². The lowest BCUT2D eigenvalue weighted by atomic mass is 10.1. The van der Waals surface area contributed by atoms with Crippen LogP contribution in [0.25, 0.3) is 10.9 Å². The fraction of sp³-hybridized carbons (Fsp3) is 0.438. The van der Waals surface area contributed by atoms with Crippen molar-refractivity contribution in [3.63, 3.8) is 0 Å². The molecule has 1 aromatic heterocycles. The monoisotopic (exact) mass is 320 g/mol. The fourth-order valence-electron chi connectivity index (χ4n) is 2.40. The van der Waals surface area contributed by atoms with Crippen LogP contribution in [-0.2, 0) is 6.54 Å². The zero-order chi connectivity index (χ0) is 13.8. The maximum atomic E-state index is 4.58. The van der Waals surface area contributed by atoms with E-state index in [1.807, 2.05) is 6.07 Å². The molecule has 0 spiro atoms. The molecule has 0 amide bonds. The normalized spacial score (nSPS) is 14.5. The Labute approximate surface area is 123 Å².